The van der Waals surface area contributed by atoms with Crippen molar-refractivity contribution in [2.24, 2.45) is 11.1 Å². The maximum Gasteiger partial charge on any atom is 0.252 e. The zero-order valence-corrected chi connectivity index (χ0v) is 16.9. The van der Waals surface area contributed by atoms with Gasteiger partial charge in [-0.25, -0.2) is 4.98 Å². The topological polar surface area (TPSA) is 83.0 Å². The molecule has 1 amide bonds. The highest BCUT2D eigenvalue weighted by atomic mass is 16.1. The fraction of sp³-hybridized carbons (Fsp3) is 0.435. The third kappa shape index (κ3) is 4.01. The fourth-order valence-electron chi connectivity index (χ4n) is 3.97. The summed E-state index contributed by atoms with van der Waals surface area (Å²) in [5, 5.41) is 9.75. The van der Waals surface area contributed by atoms with Gasteiger partial charge in [-0.05, 0) is 48.1 Å². The minimum absolute atomic E-state index is 0.0234. The molecule has 0 atom stereocenters. The molecule has 0 radical (unpaired) electrons. The molecule has 1 aromatic carbocycles. The van der Waals surface area contributed by atoms with Crippen molar-refractivity contribution in [2.75, 3.05) is 11.4 Å². The second-order valence-corrected chi connectivity index (χ2v) is 8.83. The van der Waals surface area contributed by atoms with E-state index in [0.29, 0.717) is 17.9 Å². The van der Waals surface area contributed by atoms with E-state index in [1.165, 1.54) is 0 Å². The molecule has 1 aromatic heterocycles. The van der Waals surface area contributed by atoms with Gasteiger partial charge in [-0.15, -0.1) is 0 Å². The van der Waals surface area contributed by atoms with Gasteiger partial charge in [-0.1, -0.05) is 45.7 Å². The highest BCUT2D eigenvalue weighted by molar-refractivity contribution is 5.98. The van der Waals surface area contributed by atoms with E-state index in [1.807, 2.05) is 29.2 Å². The molecule has 1 aliphatic carbocycles. The number of nitrogens with two attached hydrogens (primary N) is 1. The molecule has 0 bridgehead atoms. The van der Waals surface area contributed by atoms with Crippen LogP contribution in [0.3, 0.4) is 0 Å². The van der Waals surface area contributed by atoms with Gasteiger partial charge in [0.05, 0.1) is 17.0 Å². The second-order valence-electron chi connectivity index (χ2n) is 8.83. The first-order valence-electron chi connectivity index (χ1n) is 9.80. The van der Waals surface area contributed by atoms with Crippen molar-refractivity contribution in [3.63, 3.8) is 0 Å². The van der Waals surface area contributed by atoms with Gasteiger partial charge >= 0.3 is 0 Å². The number of nitrogens with zero attached hydrogens (tertiary/aromatic N) is 3. The standard InChI is InChI=1S/C23H28N4O/c1-22(2,3)16-27(21-19(20(25)28)7-6-14-26-21)18-10-8-17(9-11-18)23(15-24)12-4-5-13-23/h6-11,14H,4-5,12-13,16H2,1-3H3,(H2,25,28). The van der Waals surface area contributed by atoms with E-state index in [-0.39, 0.29) is 10.8 Å². The minimum atomic E-state index is -0.493. The first kappa shape index (κ1) is 19.9. The van der Waals surface area contributed by atoms with Crippen molar-refractivity contribution < 1.29 is 4.79 Å². The summed E-state index contributed by atoms with van der Waals surface area (Å²) in [6, 6.07) is 14.1. The zero-order valence-electron chi connectivity index (χ0n) is 16.9. The number of nitriles is 1. The van der Waals surface area contributed by atoms with Crippen LogP contribution in [0.5, 0.6) is 0 Å². The highest BCUT2D eigenvalue weighted by Crippen LogP contribution is 2.41. The average molecular weight is 377 g/mol. The summed E-state index contributed by atoms with van der Waals surface area (Å²) in [6.07, 6.45) is 5.71. The Morgan fingerprint density at radius 3 is 2.39 bits per heavy atom. The van der Waals surface area contributed by atoms with Gasteiger partial charge in [-0.2, -0.15) is 5.26 Å². The van der Waals surface area contributed by atoms with Crippen molar-refractivity contribution in [3.8, 4) is 6.07 Å². The Kier molecular flexibility index (Phi) is 5.42. The lowest BCUT2D eigenvalue weighted by Crippen LogP contribution is -2.31. The number of carbonyl (C=O) groups excluding carboxylic acids is 1. The third-order valence-corrected chi connectivity index (χ3v) is 5.34. The molecule has 5 nitrogen and oxygen atoms in total. The van der Waals surface area contributed by atoms with Crippen LogP contribution in [-0.4, -0.2) is 17.4 Å². The summed E-state index contributed by atoms with van der Waals surface area (Å²) in [6.45, 7) is 7.10. The number of aromatic nitrogens is 1. The third-order valence-electron chi connectivity index (χ3n) is 5.34. The predicted octanol–water partition coefficient (Wildman–Crippen LogP) is 4.70. The molecule has 1 aliphatic rings. The summed E-state index contributed by atoms with van der Waals surface area (Å²) in [4.78, 5) is 18.5. The number of benzene rings is 1. The Labute approximate surface area is 167 Å². The SMILES string of the molecule is CC(C)(C)CN(c1ccc(C2(C#N)CCCC2)cc1)c1ncccc1C(N)=O. The van der Waals surface area contributed by atoms with Crippen molar-refractivity contribution in [1.29, 1.82) is 5.26 Å². The molecule has 0 saturated heterocycles. The van der Waals surface area contributed by atoms with Crippen molar-refractivity contribution >= 4 is 17.4 Å². The van der Waals surface area contributed by atoms with E-state index in [4.69, 9.17) is 5.73 Å². The number of anilines is 2. The molecule has 1 heterocycles. The monoisotopic (exact) mass is 376 g/mol. The molecular formula is C23H28N4O. The van der Waals surface area contributed by atoms with Crippen LogP contribution in [0.1, 0.15) is 62.4 Å². The molecule has 0 spiro atoms. The first-order valence-corrected chi connectivity index (χ1v) is 9.80. The average Bonchev–Trinajstić information content (AvgIpc) is 3.16. The summed E-state index contributed by atoms with van der Waals surface area (Å²) < 4.78 is 0. The van der Waals surface area contributed by atoms with E-state index in [0.717, 1.165) is 36.9 Å². The number of carbonyl (C=O) groups is 1. The Morgan fingerprint density at radius 1 is 1.21 bits per heavy atom. The smallest absolute Gasteiger partial charge is 0.252 e. The Hall–Kier alpha value is -2.87. The summed E-state index contributed by atoms with van der Waals surface area (Å²) >= 11 is 0. The van der Waals surface area contributed by atoms with Crippen LogP contribution in [-0.2, 0) is 5.41 Å². The van der Waals surface area contributed by atoms with Gasteiger partial charge in [0.1, 0.15) is 5.82 Å². The predicted molar refractivity (Wildman–Crippen MR) is 111 cm³/mol. The number of hydrogen-bond donors (Lipinski definition) is 1. The molecule has 146 valence electrons. The number of hydrogen-bond acceptors (Lipinski definition) is 4. The molecule has 2 N–H and O–H groups in total. The van der Waals surface area contributed by atoms with E-state index < -0.39 is 5.91 Å². The van der Waals surface area contributed by atoms with E-state index in [1.54, 1.807) is 18.3 Å². The summed E-state index contributed by atoms with van der Waals surface area (Å²) in [5.41, 5.74) is 7.62. The molecular weight excluding hydrogens is 348 g/mol. The van der Waals surface area contributed by atoms with Crippen LogP contribution in [0.2, 0.25) is 0 Å². The lowest BCUT2D eigenvalue weighted by atomic mass is 9.80. The molecule has 2 aromatic rings. The molecule has 0 unspecified atom stereocenters. The van der Waals surface area contributed by atoms with Crippen LogP contribution in [0.4, 0.5) is 11.5 Å². The Morgan fingerprint density at radius 2 is 1.86 bits per heavy atom. The largest absolute Gasteiger partial charge is 0.365 e. The van der Waals surface area contributed by atoms with Gasteiger partial charge in [0.15, 0.2) is 0 Å². The number of pyridine rings is 1. The Bertz CT molecular complexity index is 884. The summed E-state index contributed by atoms with van der Waals surface area (Å²) in [5.74, 6) is 0.0709. The maximum absolute atomic E-state index is 12.0. The molecule has 3 rings (SSSR count). The van der Waals surface area contributed by atoms with Gasteiger partial charge in [0.25, 0.3) is 5.91 Å². The van der Waals surface area contributed by atoms with Crippen LogP contribution >= 0.6 is 0 Å². The van der Waals surface area contributed by atoms with Gasteiger partial charge < -0.3 is 10.6 Å². The van der Waals surface area contributed by atoms with Gasteiger partial charge in [-0.3, -0.25) is 4.79 Å². The Balaban J connectivity index is 2.03. The molecule has 0 aliphatic heterocycles. The van der Waals surface area contributed by atoms with E-state index in [2.05, 4.69) is 31.8 Å². The second kappa shape index (κ2) is 7.63. The lowest BCUT2D eigenvalue weighted by Gasteiger charge is -2.32. The zero-order chi connectivity index (χ0) is 20.4. The number of primary amides is 1. The molecule has 5 heteroatoms. The maximum atomic E-state index is 12.0. The van der Waals surface area contributed by atoms with Crippen LogP contribution < -0.4 is 10.6 Å². The number of amides is 1. The van der Waals surface area contributed by atoms with E-state index in [9.17, 15) is 10.1 Å². The summed E-state index contributed by atoms with van der Waals surface area (Å²) in [7, 11) is 0. The highest BCUT2D eigenvalue weighted by Gasteiger charge is 2.35. The van der Waals surface area contributed by atoms with Crippen LogP contribution in [0, 0.1) is 16.7 Å². The van der Waals surface area contributed by atoms with Crippen LogP contribution in [0.25, 0.3) is 0 Å². The van der Waals surface area contributed by atoms with Crippen molar-refractivity contribution in [3.05, 3.63) is 53.7 Å². The van der Waals surface area contributed by atoms with Gasteiger partial charge in [0, 0.05) is 18.4 Å². The normalized spacial score (nSPS) is 15.8. The van der Waals surface area contributed by atoms with E-state index >= 15 is 0 Å². The number of rotatable bonds is 5. The van der Waals surface area contributed by atoms with Crippen molar-refractivity contribution in [1.82, 2.24) is 4.98 Å². The minimum Gasteiger partial charge on any atom is -0.365 e. The van der Waals surface area contributed by atoms with Crippen LogP contribution in [0.15, 0.2) is 42.6 Å². The molecule has 1 saturated carbocycles. The quantitative estimate of drug-likeness (QED) is 0.820. The molecule has 1 fully saturated rings. The van der Waals surface area contributed by atoms with Gasteiger partial charge in [0.2, 0.25) is 0 Å². The first-order chi connectivity index (χ1) is 13.3. The fourth-order valence-corrected chi connectivity index (χ4v) is 3.97. The lowest BCUT2D eigenvalue weighted by molar-refractivity contribution is 0.100. The van der Waals surface area contributed by atoms with Crippen molar-refractivity contribution in [2.45, 2.75) is 51.9 Å². The molecule has 28 heavy (non-hydrogen) atoms.